The van der Waals surface area contributed by atoms with Crippen LogP contribution >= 0.6 is 0 Å². The molecule has 0 unspecified atom stereocenters. The van der Waals surface area contributed by atoms with Crippen molar-refractivity contribution in [1.82, 2.24) is 5.32 Å². The maximum atomic E-state index is 11.4. The molecule has 1 amide bonds. The summed E-state index contributed by atoms with van der Waals surface area (Å²) in [5, 5.41) is 12.0. The van der Waals surface area contributed by atoms with Crippen LogP contribution in [0, 0.1) is 0 Å². The third kappa shape index (κ3) is 4.63. The molecule has 1 saturated heterocycles. The molecule has 0 spiro atoms. The Morgan fingerprint density at radius 1 is 1.11 bits per heavy atom. The molecule has 1 heterocycles. The lowest BCUT2D eigenvalue weighted by Crippen LogP contribution is -2.20. The molecule has 0 bridgehead atoms. The summed E-state index contributed by atoms with van der Waals surface area (Å²) < 4.78 is 5.56. The van der Waals surface area contributed by atoms with Gasteiger partial charge in [0.25, 0.3) is 0 Å². The molecule has 3 rings (SSSR count). The zero-order valence-corrected chi connectivity index (χ0v) is 16.3. The molecule has 2 N–H and O–H groups in total. The predicted molar refractivity (Wildman–Crippen MR) is 109 cm³/mol. The normalized spacial score (nSPS) is 13.4. The second-order valence-electron chi connectivity index (χ2n) is 7.05. The molecule has 1 aliphatic rings. The summed E-state index contributed by atoms with van der Waals surface area (Å²) in [5.41, 5.74) is 4.58. The first-order chi connectivity index (χ1) is 13.5. The van der Waals surface area contributed by atoms with Crippen LogP contribution in [-0.2, 0) is 22.6 Å². The van der Waals surface area contributed by atoms with Crippen molar-refractivity contribution < 1.29 is 19.4 Å². The summed E-state index contributed by atoms with van der Waals surface area (Å²) in [4.78, 5) is 24.9. The Morgan fingerprint density at radius 2 is 1.86 bits per heavy atom. The molecule has 0 aromatic heterocycles. The number of benzene rings is 2. The van der Waals surface area contributed by atoms with Gasteiger partial charge in [0.05, 0.1) is 13.5 Å². The zero-order chi connectivity index (χ0) is 20.1. The number of methoxy groups -OCH3 is 1. The maximum Gasteiger partial charge on any atom is 0.307 e. The number of amides is 1. The van der Waals surface area contributed by atoms with Gasteiger partial charge in [-0.25, -0.2) is 0 Å². The van der Waals surface area contributed by atoms with Crippen molar-refractivity contribution >= 4 is 17.6 Å². The highest BCUT2D eigenvalue weighted by Crippen LogP contribution is 2.36. The first kappa shape index (κ1) is 19.7. The number of anilines is 1. The van der Waals surface area contributed by atoms with Crippen LogP contribution in [0.1, 0.15) is 30.9 Å². The van der Waals surface area contributed by atoms with E-state index in [-0.39, 0.29) is 12.3 Å². The van der Waals surface area contributed by atoms with Crippen molar-refractivity contribution in [2.24, 2.45) is 0 Å². The summed E-state index contributed by atoms with van der Waals surface area (Å²) in [5.74, 6) is -0.293. The van der Waals surface area contributed by atoms with Crippen LogP contribution in [0.4, 0.5) is 5.69 Å². The Hall–Kier alpha value is -3.02. The Bertz CT molecular complexity index is 873. The SMILES string of the molecule is COc1ccc(CC(=O)O)cc1-c1cc(N2CCCC2)ccc1CNC(C)=O. The predicted octanol–water partition coefficient (Wildman–Crippen LogP) is 3.23. The number of aliphatic carboxylic acids is 1. The minimum atomic E-state index is -0.875. The third-order valence-corrected chi connectivity index (χ3v) is 5.00. The fraction of sp³-hybridized carbons (Fsp3) is 0.364. The molecular formula is C22H26N2O4. The Morgan fingerprint density at radius 3 is 2.50 bits per heavy atom. The molecule has 28 heavy (non-hydrogen) atoms. The highest BCUT2D eigenvalue weighted by Gasteiger charge is 2.17. The Labute approximate surface area is 165 Å². The standard InChI is InChI=1S/C22H26N2O4/c1-15(25)23-14-17-6-7-18(24-9-3-4-10-24)13-19(17)20-11-16(12-22(26)27)5-8-21(20)28-2/h5-8,11,13H,3-4,9-10,12,14H2,1-2H3,(H,23,25)(H,26,27). The maximum absolute atomic E-state index is 11.4. The highest BCUT2D eigenvalue weighted by atomic mass is 16.5. The van der Waals surface area contributed by atoms with Crippen LogP contribution in [0.5, 0.6) is 5.75 Å². The second kappa shape index (κ2) is 8.78. The summed E-state index contributed by atoms with van der Waals surface area (Å²) in [6, 6.07) is 11.7. The zero-order valence-electron chi connectivity index (χ0n) is 16.3. The number of carboxylic acid groups (broad SMARTS) is 1. The number of nitrogens with zero attached hydrogens (tertiary/aromatic N) is 1. The summed E-state index contributed by atoms with van der Waals surface area (Å²) in [6.45, 7) is 3.95. The fourth-order valence-electron chi connectivity index (χ4n) is 3.61. The highest BCUT2D eigenvalue weighted by molar-refractivity contribution is 5.80. The third-order valence-electron chi connectivity index (χ3n) is 5.00. The van der Waals surface area contributed by atoms with Crippen molar-refractivity contribution in [3.63, 3.8) is 0 Å². The van der Waals surface area contributed by atoms with E-state index in [2.05, 4.69) is 22.3 Å². The molecule has 0 radical (unpaired) electrons. The van der Waals surface area contributed by atoms with Gasteiger partial charge < -0.3 is 20.1 Å². The van der Waals surface area contributed by atoms with Crippen molar-refractivity contribution in [2.75, 3.05) is 25.1 Å². The van der Waals surface area contributed by atoms with Crippen LogP contribution in [0.3, 0.4) is 0 Å². The van der Waals surface area contributed by atoms with E-state index in [0.717, 1.165) is 35.5 Å². The van der Waals surface area contributed by atoms with Gasteiger partial charge in [-0.05, 0) is 53.8 Å². The van der Waals surface area contributed by atoms with Gasteiger partial charge >= 0.3 is 5.97 Å². The lowest BCUT2D eigenvalue weighted by atomic mass is 9.95. The average molecular weight is 382 g/mol. The number of hydrogen-bond acceptors (Lipinski definition) is 4. The molecule has 2 aromatic rings. The van der Waals surface area contributed by atoms with Crippen LogP contribution in [-0.4, -0.2) is 37.2 Å². The lowest BCUT2D eigenvalue weighted by molar-refractivity contribution is -0.136. The van der Waals surface area contributed by atoms with E-state index in [1.54, 1.807) is 19.2 Å². The smallest absolute Gasteiger partial charge is 0.307 e. The molecule has 0 saturated carbocycles. The molecule has 1 fully saturated rings. The molecule has 148 valence electrons. The first-order valence-corrected chi connectivity index (χ1v) is 9.49. The van der Waals surface area contributed by atoms with Crippen molar-refractivity contribution in [3.05, 3.63) is 47.5 Å². The number of ether oxygens (including phenoxy) is 1. The quantitative estimate of drug-likeness (QED) is 0.769. The van der Waals surface area contributed by atoms with Gasteiger partial charge in [0.2, 0.25) is 5.91 Å². The van der Waals surface area contributed by atoms with E-state index in [0.29, 0.717) is 17.9 Å². The van der Waals surface area contributed by atoms with Gasteiger partial charge in [-0.2, -0.15) is 0 Å². The van der Waals surface area contributed by atoms with Crippen LogP contribution in [0.2, 0.25) is 0 Å². The molecular weight excluding hydrogens is 356 g/mol. The minimum absolute atomic E-state index is 0.0517. The van der Waals surface area contributed by atoms with E-state index >= 15 is 0 Å². The minimum Gasteiger partial charge on any atom is -0.496 e. The Balaban J connectivity index is 2.09. The lowest BCUT2D eigenvalue weighted by Gasteiger charge is -2.21. The molecule has 0 atom stereocenters. The van der Waals surface area contributed by atoms with Crippen LogP contribution < -0.4 is 15.0 Å². The van der Waals surface area contributed by atoms with Gasteiger partial charge in [-0.1, -0.05) is 12.1 Å². The second-order valence-corrected chi connectivity index (χ2v) is 7.05. The van der Waals surface area contributed by atoms with E-state index < -0.39 is 5.97 Å². The summed E-state index contributed by atoms with van der Waals surface area (Å²) in [7, 11) is 1.60. The van der Waals surface area contributed by atoms with Gasteiger partial charge in [-0.15, -0.1) is 0 Å². The van der Waals surface area contributed by atoms with Crippen LogP contribution in [0.25, 0.3) is 11.1 Å². The molecule has 6 nitrogen and oxygen atoms in total. The van der Waals surface area contributed by atoms with Gasteiger partial charge in [0.15, 0.2) is 0 Å². The largest absolute Gasteiger partial charge is 0.496 e. The van der Waals surface area contributed by atoms with E-state index in [9.17, 15) is 9.59 Å². The van der Waals surface area contributed by atoms with Crippen molar-refractivity contribution in [1.29, 1.82) is 0 Å². The van der Waals surface area contributed by atoms with Crippen molar-refractivity contribution in [3.8, 4) is 16.9 Å². The Kier molecular flexibility index (Phi) is 6.19. The number of hydrogen-bond donors (Lipinski definition) is 2. The van der Waals surface area contributed by atoms with E-state index in [1.165, 1.54) is 19.8 Å². The van der Waals surface area contributed by atoms with Gasteiger partial charge in [0.1, 0.15) is 5.75 Å². The van der Waals surface area contributed by atoms with Gasteiger partial charge in [-0.3, -0.25) is 9.59 Å². The monoisotopic (exact) mass is 382 g/mol. The van der Waals surface area contributed by atoms with E-state index in [4.69, 9.17) is 9.84 Å². The average Bonchev–Trinajstić information content (AvgIpc) is 3.20. The van der Waals surface area contributed by atoms with Crippen molar-refractivity contribution in [2.45, 2.75) is 32.7 Å². The molecule has 1 aliphatic heterocycles. The topological polar surface area (TPSA) is 78.9 Å². The molecule has 0 aliphatic carbocycles. The summed E-state index contributed by atoms with van der Waals surface area (Å²) >= 11 is 0. The summed E-state index contributed by atoms with van der Waals surface area (Å²) in [6.07, 6.45) is 2.31. The number of carbonyl (C=O) groups is 2. The number of carbonyl (C=O) groups excluding carboxylic acids is 1. The number of carboxylic acids is 1. The van der Waals surface area contributed by atoms with E-state index in [1.807, 2.05) is 12.1 Å². The number of rotatable bonds is 7. The molecule has 2 aromatic carbocycles. The van der Waals surface area contributed by atoms with Crippen LogP contribution in [0.15, 0.2) is 36.4 Å². The molecule has 6 heteroatoms. The van der Waals surface area contributed by atoms with Gasteiger partial charge in [0, 0.05) is 37.8 Å². The number of nitrogens with one attached hydrogen (secondary N) is 1. The fourth-order valence-corrected chi connectivity index (χ4v) is 3.61. The first-order valence-electron chi connectivity index (χ1n) is 9.49.